The van der Waals surface area contributed by atoms with Crippen LogP contribution in [0, 0.1) is 18.4 Å². The van der Waals surface area contributed by atoms with Gasteiger partial charge < -0.3 is 14.8 Å². The van der Waals surface area contributed by atoms with Crippen molar-refractivity contribution in [2.75, 3.05) is 30.4 Å². The van der Waals surface area contributed by atoms with Crippen molar-refractivity contribution in [3.8, 4) is 0 Å². The lowest BCUT2D eigenvalue weighted by atomic mass is 9.96. The largest absolute Gasteiger partial charge is 0.380 e. The van der Waals surface area contributed by atoms with Crippen molar-refractivity contribution in [3.63, 3.8) is 0 Å². The number of carbonyl (C=O) groups excluding carboxylic acids is 1. The number of nitrogens with zero attached hydrogens (tertiary/aromatic N) is 6. The Bertz CT molecular complexity index is 1220. The smallest absolute Gasteiger partial charge is 0.323 e. The number of hydrogen-bond donors (Lipinski definition) is 2. The van der Waals surface area contributed by atoms with Gasteiger partial charge in [0.05, 0.1) is 12.3 Å². The Morgan fingerprint density at radius 3 is 2.70 bits per heavy atom. The standard InChI is InChI=1S/C23H28N8OS/c1-23(2,3)20-27-21(33-29-20)28-22(32)31-11-13-8-15(9-14(13)12-31)30(5)18-16-6-7-25-19(16)26-10-17(18)24-4/h6-7,10,13-15H,8-9,11-12H2,1-3,5H3,(H,25,26)(H,27,28,29,32)/t13-,14+,15?. The zero-order valence-electron chi connectivity index (χ0n) is 19.3. The summed E-state index contributed by atoms with van der Waals surface area (Å²) >= 11 is 1.23. The summed E-state index contributed by atoms with van der Waals surface area (Å²) in [6.45, 7) is 15.3. The number of aromatic amines is 1. The van der Waals surface area contributed by atoms with Crippen molar-refractivity contribution < 1.29 is 4.79 Å². The highest BCUT2D eigenvalue weighted by molar-refractivity contribution is 7.09. The molecule has 0 aromatic carbocycles. The van der Waals surface area contributed by atoms with Gasteiger partial charge in [-0.25, -0.2) is 14.6 Å². The van der Waals surface area contributed by atoms with Crippen LogP contribution < -0.4 is 10.2 Å². The summed E-state index contributed by atoms with van der Waals surface area (Å²) in [5, 5.41) is 4.47. The molecule has 1 aliphatic carbocycles. The number of hydrogen-bond acceptors (Lipinski definition) is 6. The minimum Gasteiger partial charge on any atom is -0.380 e. The number of H-pyrrole nitrogens is 1. The van der Waals surface area contributed by atoms with Crippen LogP contribution >= 0.6 is 11.5 Å². The van der Waals surface area contributed by atoms with Gasteiger partial charge in [0.1, 0.15) is 11.5 Å². The van der Waals surface area contributed by atoms with Crippen LogP contribution in [-0.4, -0.2) is 56.4 Å². The second-order valence-corrected chi connectivity index (χ2v) is 10.9. The lowest BCUT2D eigenvalue weighted by Gasteiger charge is -2.30. The molecule has 1 saturated carbocycles. The van der Waals surface area contributed by atoms with E-state index in [-0.39, 0.29) is 11.4 Å². The number of likely N-dealkylation sites (tertiary alicyclic amines) is 1. The van der Waals surface area contributed by atoms with E-state index in [1.807, 2.05) is 17.2 Å². The molecule has 3 atom stereocenters. The normalized spacial score (nSPS) is 22.4. The third-order valence-corrected chi connectivity index (χ3v) is 7.51. The zero-order chi connectivity index (χ0) is 23.3. The monoisotopic (exact) mass is 464 g/mol. The minimum absolute atomic E-state index is 0.0932. The van der Waals surface area contributed by atoms with Crippen molar-refractivity contribution in [3.05, 3.63) is 35.7 Å². The average molecular weight is 465 g/mol. The predicted octanol–water partition coefficient (Wildman–Crippen LogP) is 4.64. The molecule has 0 spiro atoms. The van der Waals surface area contributed by atoms with Crippen LogP contribution in [0.15, 0.2) is 18.5 Å². The Kier molecular flexibility index (Phi) is 5.24. The van der Waals surface area contributed by atoms with Crippen molar-refractivity contribution in [1.29, 1.82) is 0 Å². The van der Waals surface area contributed by atoms with E-state index in [1.165, 1.54) is 11.5 Å². The summed E-state index contributed by atoms with van der Waals surface area (Å²) in [6, 6.07) is 2.23. The molecule has 9 nitrogen and oxygen atoms in total. The summed E-state index contributed by atoms with van der Waals surface area (Å²) in [4.78, 5) is 32.7. The number of fused-ring (bicyclic) bond motifs is 2. The van der Waals surface area contributed by atoms with Crippen molar-refractivity contribution in [2.45, 2.75) is 45.1 Å². The molecule has 2 amide bonds. The Morgan fingerprint density at radius 2 is 2.06 bits per heavy atom. The van der Waals surface area contributed by atoms with E-state index >= 15 is 0 Å². The second kappa shape index (κ2) is 7.99. The molecule has 1 saturated heterocycles. The molecule has 0 bridgehead atoms. The molecule has 1 unspecified atom stereocenters. The van der Waals surface area contributed by atoms with Crippen LogP contribution in [0.2, 0.25) is 0 Å². The second-order valence-electron chi connectivity index (χ2n) is 10.1. The third-order valence-electron chi connectivity index (χ3n) is 6.88. The van der Waals surface area contributed by atoms with Gasteiger partial charge in [0.2, 0.25) is 10.8 Å². The summed E-state index contributed by atoms with van der Waals surface area (Å²) < 4.78 is 4.38. The first kappa shape index (κ1) is 21.6. The maximum atomic E-state index is 12.8. The van der Waals surface area contributed by atoms with Gasteiger partial charge in [0.15, 0.2) is 0 Å². The highest BCUT2D eigenvalue weighted by Crippen LogP contribution is 2.44. The lowest BCUT2D eigenvalue weighted by molar-refractivity contribution is 0.218. The maximum Gasteiger partial charge on any atom is 0.323 e. The van der Waals surface area contributed by atoms with Crippen molar-refractivity contribution in [1.82, 2.24) is 24.2 Å². The maximum absolute atomic E-state index is 12.8. The highest BCUT2D eigenvalue weighted by Gasteiger charge is 2.44. The number of anilines is 2. The van der Waals surface area contributed by atoms with Crippen LogP contribution in [-0.2, 0) is 5.41 Å². The number of pyridine rings is 1. The molecule has 1 aliphatic heterocycles. The number of aromatic nitrogens is 4. The van der Waals surface area contributed by atoms with Crippen molar-refractivity contribution >= 4 is 45.1 Å². The van der Waals surface area contributed by atoms with Gasteiger partial charge in [0.25, 0.3) is 0 Å². The Balaban J connectivity index is 1.24. The molecule has 3 aromatic rings. The fraction of sp³-hybridized carbons (Fsp3) is 0.522. The summed E-state index contributed by atoms with van der Waals surface area (Å²) in [5.74, 6) is 1.67. The Labute approximate surface area is 197 Å². The first-order chi connectivity index (χ1) is 15.7. The van der Waals surface area contributed by atoms with Crippen LogP contribution in [0.1, 0.15) is 39.4 Å². The first-order valence-corrected chi connectivity index (χ1v) is 12.0. The molecule has 2 fully saturated rings. The molecule has 10 heteroatoms. The van der Waals surface area contributed by atoms with Gasteiger partial charge in [-0.2, -0.15) is 4.37 Å². The van der Waals surface area contributed by atoms with E-state index in [9.17, 15) is 4.79 Å². The number of carbonyl (C=O) groups is 1. The molecule has 2 N–H and O–H groups in total. The van der Waals surface area contributed by atoms with Gasteiger partial charge in [-0.15, -0.1) is 0 Å². The SMILES string of the molecule is [C-]#[N+]c1cnc2[nH]ccc2c1N(C)C1C[C@@H]2CN(C(=O)Nc3nc(C(C)(C)C)ns3)C[C@@H]2C1. The van der Waals surface area contributed by atoms with Gasteiger partial charge in [0, 0.05) is 60.9 Å². The summed E-state index contributed by atoms with van der Waals surface area (Å²) in [7, 11) is 2.08. The fourth-order valence-electron chi connectivity index (χ4n) is 5.12. The zero-order valence-corrected chi connectivity index (χ0v) is 20.1. The Morgan fingerprint density at radius 1 is 1.33 bits per heavy atom. The minimum atomic E-state index is -0.140. The lowest BCUT2D eigenvalue weighted by Crippen LogP contribution is -2.36. The first-order valence-electron chi connectivity index (χ1n) is 11.2. The number of nitrogens with one attached hydrogen (secondary N) is 2. The van der Waals surface area contributed by atoms with Crippen LogP contribution in [0.3, 0.4) is 0 Å². The summed E-state index contributed by atoms with van der Waals surface area (Å²) in [6.07, 6.45) is 5.52. The molecule has 172 valence electrons. The fourth-order valence-corrected chi connectivity index (χ4v) is 5.87. The van der Waals surface area contributed by atoms with Gasteiger partial charge in [-0.3, -0.25) is 10.3 Å². The average Bonchev–Trinajstić information content (AvgIpc) is 3.54. The van der Waals surface area contributed by atoms with E-state index in [1.54, 1.807) is 6.20 Å². The van der Waals surface area contributed by atoms with Crippen LogP contribution in [0.5, 0.6) is 0 Å². The van der Waals surface area contributed by atoms with Gasteiger partial charge >= 0.3 is 6.03 Å². The van der Waals surface area contributed by atoms with E-state index in [2.05, 4.69) is 62.2 Å². The highest BCUT2D eigenvalue weighted by atomic mass is 32.1. The number of rotatable bonds is 3. The molecule has 2 aliphatic rings. The van der Waals surface area contributed by atoms with E-state index in [0.717, 1.165) is 48.5 Å². The van der Waals surface area contributed by atoms with E-state index < -0.39 is 0 Å². The third kappa shape index (κ3) is 3.91. The molecular formula is C23H28N8OS. The molecule has 0 radical (unpaired) electrons. The van der Waals surface area contributed by atoms with Crippen molar-refractivity contribution in [2.24, 2.45) is 11.8 Å². The number of urea groups is 1. The molecule has 4 heterocycles. The van der Waals surface area contributed by atoms with Gasteiger partial charge in [-0.05, 0) is 30.7 Å². The predicted molar refractivity (Wildman–Crippen MR) is 130 cm³/mol. The van der Waals surface area contributed by atoms with Crippen LogP contribution in [0.4, 0.5) is 21.3 Å². The molecule has 5 rings (SSSR count). The summed E-state index contributed by atoms with van der Waals surface area (Å²) in [5.41, 5.74) is 2.19. The van der Waals surface area contributed by atoms with Crippen LogP contribution in [0.25, 0.3) is 15.9 Å². The van der Waals surface area contributed by atoms with Gasteiger partial charge in [-0.1, -0.05) is 20.8 Å². The topological polar surface area (TPSA) is 94.4 Å². The quantitative estimate of drug-likeness (QED) is 0.551. The van der Waals surface area contributed by atoms with E-state index in [4.69, 9.17) is 6.57 Å². The van der Waals surface area contributed by atoms with E-state index in [0.29, 0.717) is 28.7 Å². The Hall–Kier alpha value is -3.19. The molecule has 3 aromatic heterocycles. The molecule has 33 heavy (non-hydrogen) atoms. The number of amides is 2. The molecular weight excluding hydrogens is 436 g/mol.